The van der Waals surface area contributed by atoms with Gasteiger partial charge in [0.25, 0.3) is 0 Å². The standard InChI is InChI=1S/C8H3Br2ClF2O/c9-5-1-4(2-6(10)3-5)7(14)8(11,12)13/h1-3H. The molecule has 0 aromatic heterocycles. The Morgan fingerprint density at radius 3 is 2.00 bits per heavy atom. The Bertz CT molecular complexity index is 356. The van der Waals surface area contributed by atoms with Crippen LogP contribution in [0.4, 0.5) is 8.78 Å². The highest BCUT2D eigenvalue weighted by molar-refractivity contribution is 9.11. The number of carbonyl (C=O) groups is 1. The fourth-order valence-electron chi connectivity index (χ4n) is 0.849. The molecule has 0 N–H and O–H groups in total. The Labute approximate surface area is 101 Å². The third-order valence-corrected chi connectivity index (χ3v) is 2.47. The van der Waals surface area contributed by atoms with E-state index in [0.717, 1.165) is 0 Å². The van der Waals surface area contributed by atoms with Gasteiger partial charge in [-0.05, 0) is 29.8 Å². The normalized spacial score (nSPS) is 11.5. The minimum absolute atomic E-state index is 0.147. The highest BCUT2D eigenvalue weighted by Gasteiger charge is 2.36. The molecule has 6 heteroatoms. The van der Waals surface area contributed by atoms with Gasteiger partial charge in [-0.3, -0.25) is 4.79 Å². The molecule has 1 aromatic rings. The summed E-state index contributed by atoms with van der Waals surface area (Å²) in [7, 11) is 0. The first-order valence-electron chi connectivity index (χ1n) is 3.38. The van der Waals surface area contributed by atoms with Crippen molar-refractivity contribution in [3.8, 4) is 0 Å². The summed E-state index contributed by atoms with van der Waals surface area (Å²) in [6, 6.07) is 4.19. The zero-order valence-electron chi connectivity index (χ0n) is 6.53. The smallest absolute Gasteiger partial charge is 0.286 e. The van der Waals surface area contributed by atoms with Crippen LogP contribution in [0.25, 0.3) is 0 Å². The molecule has 0 saturated heterocycles. The molecular formula is C8H3Br2ClF2O. The third kappa shape index (κ3) is 3.00. The molecule has 1 aromatic carbocycles. The van der Waals surface area contributed by atoms with Crippen LogP contribution in [0.3, 0.4) is 0 Å². The van der Waals surface area contributed by atoms with E-state index in [1.807, 2.05) is 0 Å². The van der Waals surface area contributed by atoms with Gasteiger partial charge in [-0.1, -0.05) is 31.9 Å². The van der Waals surface area contributed by atoms with E-state index >= 15 is 0 Å². The first-order valence-corrected chi connectivity index (χ1v) is 5.35. The first kappa shape index (κ1) is 12.1. The molecule has 0 heterocycles. The van der Waals surface area contributed by atoms with Crippen molar-refractivity contribution in [2.24, 2.45) is 0 Å². The maximum Gasteiger partial charge on any atom is 0.384 e. The van der Waals surface area contributed by atoms with Gasteiger partial charge < -0.3 is 0 Å². The van der Waals surface area contributed by atoms with Crippen molar-refractivity contribution >= 4 is 49.2 Å². The van der Waals surface area contributed by atoms with Crippen molar-refractivity contribution in [2.75, 3.05) is 0 Å². The summed E-state index contributed by atoms with van der Waals surface area (Å²) in [5.74, 6) is -1.42. The number of alkyl halides is 3. The predicted octanol–water partition coefficient (Wildman–Crippen LogP) is 4.23. The van der Waals surface area contributed by atoms with Gasteiger partial charge in [0.05, 0.1) is 0 Å². The minimum Gasteiger partial charge on any atom is -0.286 e. The van der Waals surface area contributed by atoms with Gasteiger partial charge in [0.2, 0.25) is 5.78 Å². The zero-order chi connectivity index (χ0) is 10.9. The van der Waals surface area contributed by atoms with Crippen molar-refractivity contribution < 1.29 is 13.6 Å². The lowest BCUT2D eigenvalue weighted by Crippen LogP contribution is -2.21. The number of Topliss-reactive ketones (excluding diaryl/α,β-unsaturated/α-hetero) is 1. The Hall–Kier alpha value is -0.000000000000000167. The van der Waals surface area contributed by atoms with Gasteiger partial charge >= 0.3 is 5.38 Å². The summed E-state index contributed by atoms with van der Waals surface area (Å²) in [4.78, 5) is 11.0. The zero-order valence-corrected chi connectivity index (χ0v) is 10.5. The molecule has 0 aliphatic carbocycles. The summed E-state index contributed by atoms with van der Waals surface area (Å²) in [6.07, 6.45) is 0. The predicted molar refractivity (Wildman–Crippen MR) is 57.0 cm³/mol. The van der Waals surface area contributed by atoms with Crippen LogP contribution < -0.4 is 0 Å². The van der Waals surface area contributed by atoms with Gasteiger partial charge in [-0.25, -0.2) is 0 Å². The van der Waals surface area contributed by atoms with Crippen molar-refractivity contribution in [3.05, 3.63) is 32.7 Å². The lowest BCUT2D eigenvalue weighted by atomic mass is 10.1. The van der Waals surface area contributed by atoms with E-state index in [2.05, 4.69) is 43.5 Å². The van der Waals surface area contributed by atoms with E-state index in [1.165, 1.54) is 12.1 Å². The first-order chi connectivity index (χ1) is 6.30. The van der Waals surface area contributed by atoms with E-state index in [-0.39, 0.29) is 5.56 Å². The quantitative estimate of drug-likeness (QED) is 0.578. The number of ketones is 1. The number of benzene rings is 1. The molecule has 1 nitrogen and oxygen atoms in total. The van der Waals surface area contributed by atoms with E-state index in [4.69, 9.17) is 0 Å². The van der Waals surface area contributed by atoms with Gasteiger partial charge in [-0.2, -0.15) is 8.78 Å². The molecule has 0 amide bonds. The van der Waals surface area contributed by atoms with Crippen LogP contribution in [0.15, 0.2) is 27.1 Å². The highest BCUT2D eigenvalue weighted by atomic mass is 79.9. The van der Waals surface area contributed by atoms with Crippen molar-refractivity contribution in [2.45, 2.75) is 5.38 Å². The largest absolute Gasteiger partial charge is 0.384 e. The molecule has 0 saturated carbocycles. The van der Waals surface area contributed by atoms with Gasteiger partial charge in [0, 0.05) is 14.5 Å². The Balaban J connectivity index is 3.14. The van der Waals surface area contributed by atoms with Crippen LogP contribution in [0.5, 0.6) is 0 Å². The lowest BCUT2D eigenvalue weighted by molar-refractivity contribution is 0.0536. The van der Waals surface area contributed by atoms with Crippen molar-refractivity contribution in [1.82, 2.24) is 0 Å². The lowest BCUT2D eigenvalue weighted by Gasteiger charge is -2.07. The van der Waals surface area contributed by atoms with E-state index < -0.39 is 11.2 Å². The van der Waals surface area contributed by atoms with Crippen LogP contribution in [-0.2, 0) is 0 Å². The number of carbonyl (C=O) groups excluding carboxylic acids is 1. The van der Waals surface area contributed by atoms with E-state index in [9.17, 15) is 13.6 Å². The molecular weight excluding hydrogens is 345 g/mol. The molecule has 14 heavy (non-hydrogen) atoms. The fraction of sp³-hybridized carbons (Fsp3) is 0.125. The van der Waals surface area contributed by atoms with E-state index in [0.29, 0.717) is 8.95 Å². The van der Waals surface area contributed by atoms with Crippen LogP contribution in [0.1, 0.15) is 10.4 Å². The summed E-state index contributed by atoms with van der Waals surface area (Å²) in [5, 5.41) is -3.86. The van der Waals surface area contributed by atoms with E-state index in [1.54, 1.807) is 6.07 Å². The van der Waals surface area contributed by atoms with Gasteiger partial charge in [0.15, 0.2) is 0 Å². The van der Waals surface area contributed by atoms with Gasteiger partial charge in [-0.15, -0.1) is 0 Å². The minimum atomic E-state index is -3.86. The number of hydrogen-bond donors (Lipinski definition) is 0. The van der Waals surface area contributed by atoms with Crippen LogP contribution >= 0.6 is 43.5 Å². The monoisotopic (exact) mass is 346 g/mol. The number of rotatable bonds is 2. The second kappa shape index (κ2) is 4.24. The maximum absolute atomic E-state index is 12.5. The number of halogens is 5. The van der Waals surface area contributed by atoms with Crippen LogP contribution in [-0.4, -0.2) is 11.2 Å². The van der Waals surface area contributed by atoms with Crippen LogP contribution in [0, 0.1) is 0 Å². The molecule has 76 valence electrons. The molecule has 0 aliphatic rings. The molecule has 0 spiro atoms. The average molecular weight is 348 g/mol. The number of hydrogen-bond acceptors (Lipinski definition) is 1. The van der Waals surface area contributed by atoms with Crippen molar-refractivity contribution in [1.29, 1.82) is 0 Å². The summed E-state index contributed by atoms with van der Waals surface area (Å²) in [6.45, 7) is 0. The molecule has 0 unspecified atom stereocenters. The molecule has 0 radical (unpaired) electrons. The average Bonchev–Trinajstić information content (AvgIpc) is 1.99. The highest BCUT2D eigenvalue weighted by Crippen LogP contribution is 2.28. The molecule has 0 atom stereocenters. The Kier molecular flexibility index (Phi) is 3.66. The second-order valence-corrected chi connectivity index (χ2v) is 4.79. The fourth-order valence-corrected chi connectivity index (χ4v) is 2.25. The summed E-state index contributed by atoms with van der Waals surface area (Å²) >= 11 is 10.8. The van der Waals surface area contributed by atoms with Crippen LogP contribution in [0.2, 0.25) is 0 Å². The molecule has 0 bridgehead atoms. The molecule has 0 aliphatic heterocycles. The van der Waals surface area contributed by atoms with Crippen molar-refractivity contribution in [3.63, 3.8) is 0 Å². The Morgan fingerprint density at radius 1 is 1.21 bits per heavy atom. The topological polar surface area (TPSA) is 17.1 Å². The molecule has 1 rings (SSSR count). The molecule has 0 fully saturated rings. The summed E-state index contributed by atoms with van der Waals surface area (Å²) in [5.41, 5.74) is -0.147. The summed E-state index contributed by atoms with van der Waals surface area (Å²) < 4.78 is 25.9. The Morgan fingerprint density at radius 2 is 1.64 bits per heavy atom. The van der Waals surface area contributed by atoms with Gasteiger partial charge in [0.1, 0.15) is 0 Å². The SMILES string of the molecule is O=C(c1cc(Br)cc(Br)c1)C(F)(F)Cl. The maximum atomic E-state index is 12.5. The second-order valence-electron chi connectivity index (χ2n) is 2.49. The third-order valence-electron chi connectivity index (χ3n) is 1.38.